The molecule has 0 spiro atoms. The molecule has 1 saturated carbocycles. The number of hydrogen-bond donors (Lipinski definition) is 4. The first-order valence-electron chi connectivity index (χ1n) is 20.2. The van der Waals surface area contributed by atoms with Crippen molar-refractivity contribution in [2.24, 2.45) is 7.05 Å². The van der Waals surface area contributed by atoms with Gasteiger partial charge in [-0.05, 0) is 141 Å². The van der Waals surface area contributed by atoms with E-state index >= 15 is 0 Å². The van der Waals surface area contributed by atoms with Crippen LogP contribution >= 0.6 is 47.5 Å². The maximum atomic E-state index is 14.1. The monoisotopic (exact) mass is 908 g/mol. The van der Waals surface area contributed by atoms with Gasteiger partial charge in [0.25, 0.3) is 5.91 Å². The third kappa shape index (κ3) is 10.2. The molecule has 2 heterocycles. The van der Waals surface area contributed by atoms with Gasteiger partial charge in [0.1, 0.15) is 12.0 Å². The molecule has 0 radical (unpaired) electrons. The van der Waals surface area contributed by atoms with Crippen LogP contribution in [0.25, 0.3) is 22.4 Å². The minimum atomic E-state index is -1.86. The second kappa shape index (κ2) is 19.0. The van der Waals surface area contributed by atoms with Crippen molar-refractivity contribution in [1.82, 2.24) is 9.88 Å². The zero-order valence-electron chi connectivity index (χ0n) is 34.4. The minimum absolute atomic E-state index is 0.0765. The number of benzene rings is 5. The summed E-state index contributed by atoms with van der Waals surface area (Å²) >= 11 is 9.78. The van der Waals surface area contributed by atoms with Gasteiger partial charge in [-0.15, -0.1) is 4.39 Å². The van der Waals surface area contributed by atoms with Gasteiger partial charge in [-0.2, -0.15) is 0 Å². The van der Waals surface area contributed by atoms with Gasteiger partial charge in [0.05, 0.1) is 27.4 Å². The van der Waals surface area contributed by atoms with Gasteiger partial charge in [0.2, 0.25) is 0 Å². The summed E-state index contributed by atoms with van der Waals surface area (Å²) in [5.74, 6) is -0.138. The second-order valence-corrected chi connectivity index (χ2v) is 18.6. The van der Waals surface area contributed by atoms with Crippen LogP contribution in [0.5, 0.6) is 0 Å². The van der Waals surface area contributed by atoms with Crippen LogP contribution < -0.4 is 24.6 Å². The van der Waals surface area contributed by atoms with Crippen LogP contribution in [0.3, 0.4) is 0 Å². The topological polar surface area (TPSA) is 111 Å². The van der Waals surface area contributed by atoms with E-state index in [1.54, 1.807) is 6.92 Å². The first-order chi connectivity index (χ1) is 29.9. The number of carbonyl (C=O) groups is 2. The number of nitrogens with zero attached hydrogens (tertiary/aromatic N) is 3. The van der Waals surface area contributed by atoms with Gasteiger partial charge in [-0.1, -0.05) is 54.1 Å². The lowest BCUT2D eigenvalue weighted by Crippen LogP contribution is -2.53. The summed E-state index contributed by atoms with van der Waals surface area (Å²) in [5, 5.41) is 14.2. The molecule has 6 aromatic rings. The third-order valence-electron chi connectivity index (χ3n) is 11.2. The van der Waals surface area contributed by atoms with Gasteiger partial charge < -0.3 is 38.4 Å². The zero-order valence-corrected chi connectivity index (χ0v) is 37.6. The van der Waals surface area contributed by atoms with Gasteiger partial charge in [0.15, 0.2) is 0 Å². The highest BCUT2D eigenvalue weighted by Gasteiger charge is 2.40. The summed E-state index contributed by atoms with van der Waals surface area (Å²) < 4.78 is 26.4. The van der Waals surface area contributed by atoms with Gasteiger partial charge >= 0.3 is 6.22 Å². The maximum Gasteiger partial charge on any atom is 0.508 e. The fourth-order valence-corrected chi connectivity index (χ4v) is 10.2. The molecule has 4 N–H and O–H groups in total. The van der Waals surface area contributed by atoms with Crippen molar-refractivity contribution < 1.29 is 23.3 Å². The lowest BCUT2D eigenvalue weighted by Gasteiger charge is -2.41. The van der Waals surface area contributed by atoms with Gasteiger partial charge in [-0.25, -0.2) is 4.79 Å². The van der Waals surface area contributed by atoms with E-state index in [1.807, 2.05) is 98.9 Å². The van der Waals surface area contributed by atoms with Crippen LogP contribution in [-0.4, -0.2) is 59.6 Å². The molecule has 0 unspecified atom stereocenters. The number of aliphatic hydroxyl groups is 1. The smallest absolute Gasteiger partial charge is 0.390 e. The summed E-state index contributed by atoms with van der Waals surface area (Å²) in [6.45, 7) is 7.09. The molecule has 1 aliphatic heterocycles. The molecule has 62 heavy (non-hydrogen) atoms. The van der Waals surface area contributed by atoms with Crippen molar-refractivity contribution in [2.75, 3.05) is 45.4 Å². The Kier molecular flexibility index (Phi) is 13.3. The Balaban J connectivity index is 0.926. The van der Waals surface area contributed by atoms with E-state index in [2.05, 4.69) is 69.7 Å². The van der Waals surface area contributed by atoms with Crippen LogP contribution in [0.1, 0.15) is 35.8 Å². The standard InChI is InChI=1S/C47H46ClFN6O4S3/c1-30-42(45(56)50-35-28-47(2,58)29-35)43(44(53(30)3)31-12-14-33(48)15-13-31)32-8-7-9-37(26-32)55-24-22-54(23-25-55)36-18-16-34(17-19-36)51-61-39-20-21-40(41(27-39)62-59-46(49)57)52-60-38-10-5-4-6-11-38/h4-21,26-27,35,51-52,58H,22-25,28-29H2,1-3H3,(H,50,56). The van der Waals surface area contributed by atoms with E-state index in [9.17, 15) is 19.1 Å². The summed E-state index contributed by atoms with van der Waals surface area (Å²) in [6, 6.07) is 39.9. The summed E-state index contributed by atoms with van der Waals surface area (Å²) in [6.07, 6.45) is -0.800. The van der Waals surface area contributed by atoms with Crippen LogP contribution in [0.15, 0.2) is 136 Å². The van der Waals surface area contributed by atoms with Crippen molar-refractivity contribution in [2.45, 2.75) is 53.0 Å². The van der Waals surface area contributed by atoms with Gasteiger partial charge in [-0.3, -0.25) is 4.79 Å². The van der Waals surface area contributed by atoms with E-state index < -0.39 is 11.8 Å². The Hall–Kier alpha value is -5.25. The summed E-state index contributed by atoms with van der Waals surface area (Å²) in [7, 11) is 2.00. The Morgan fingerprint density at radius 3 is 2.15 bits per heavy atom. The first kappa shape index (κ1) is 43.4. The van der Waals surface area contributed by atoms with Crippen molar-refractivity contribution in [3.63, 3.8) is 0 Å². The van der Waals surface area contributed by atoms with E-state index in [1.165, 1.54) is 23.9 Å². The second-order valence-electron chi connectivity index (χ2n) is 15.7. The number of carbonyl (C=O) groups excluding carboxylic acids is 2. The molecule has 1 aromatic heterocycles. The molecule has 0 bridgehead atoms. The lowest BCUT2D eigenvalue weighted by molar-refractivity contribution is -0.0367. The highest BCUT2D eigenvalue weighted by atomic mass is 35.5. The Morgan fingerprint density at radius 2 is 1.47 bits per heavy atom. The largest absolute Gasteiger partial charge is 0.508 e. The molecule has 320 valence electrons. The molecular weight excluding hydrogens is 863 g/mol. The number of aromatic nitrogens is 1. The Labute approximate surface area is 379 Å². The Morgan fingerprint density at radius 1 is 0.790 bits per heavy atom. The summed E-state index contributed by atoms with van der Waals surface area (Å²) in [4.78, 5) is 32.2. The SMILES string of the molecule is Cc1c(C(=O)NC2CC(C)(O)C2)c(-c2cccc(N3CCN(c4ccc(NSc5ccc(NSc6ccccc6)c(SOC(=O)F)c5)cc4)CC3)c2)c(-c2ccc(Cl)cc2)n1C. The Bertz CT molecular complexity index is 2540. The molecule has 0 atom stereocenters. The van der Waals surface area contributed by atoms with Crippen molar-refractivity contribution in [1.29, 1.82) is 0 Å². The maximum absolute atomic E-state index is 14.1. The number of anilines is 4. The highest BCUT2D eigenvalue weighted by Crippen LogP contribution is 2.42. The molecule has 8 rings (SSSR count). The van der Waals surface area contributed by atoms with Crippen LogP contribution in [-0.2, 0) is 11.2 Å². The fraction of sp³-hybridized carbons (Fsp3) is 0.234. The fourth-order valence-electron chi connectivity index (χ4n) is 8.01. The van der Waals surface area contributed by atoms with Crippen molar-refractivity contribution in [3.8, 4) is 22.4 Å². The average Bonchev–Trinajstić information content (AvgIpc) is 3.54. The number of hydrogen-bond acceptors (Lipinski definition) is 11. The van der Waals surface area contributed by atoms with E-state index in [4.69, 9.17) is 11.6 Å². The third-order valence-corrected chi connectivity index (χ3v) is 13.9. The van der Waals surface area contributed by atoms with Gasteiger partial charge in [0, 0.05) is 82.4 Å². The molecular formula is C47H46ClFN6O4S3. The predicted octanol–water partition coefficient (Wildman–Crippen LogP) is 11.6. The van der Waals surface area contributed by atoms with Crippen LogP contribution in [0, 0.1) is 6.92 Å². The molecule has 5 aromatic carbocycles. The molecule has 15 heteroatoms. The zero-order chi connectivity index (χ0) is 43.4. The molecule has 2 aliphatic rings. The van der Waals surface area contributed by atoms with Crippen LogP contribution in [0.4, 0.5) is 31.9 Å². The molecule has 1 saturated heterocycles. The molecule has 10 nitrogen and oxygen atoms in total. The van der Waals surface area contributed by atoms with E-state index in [0.717, 1.165) is 81.1 Å². The summed E-state index contributed by atoms with van der Waals surface area (Å²) in [5.41, 5.74) is 8.31. The number of halogens is 2. The first-order valence-corrected chi connectivity index (χ1v) is 22.9. The number of amides is 1. The average molecular weight is 910 g/mol. The lowest BCUT2D eigenvalue weighted by atomic mass is 9.77. The molecule has 2 fully saturated rings. The quantitative estimate of drug-likeness (QED) is 0.0476. The number of piperazine rings is 1. The highest BCUT2D eigenvalue weighted by molar-refractivity contribution is 8.01. The predicted molar refractivity (Wildman–Crippen MR) is 253 cm³/mol. The number of nitrogens with one attached hydrogen (secondary N) is 3. The number of rotatable bonds is 14. The van der Waals surface area contributed by atoms with Crippen LogP contribution in [0.2, 0.25) is 5.02 Å². The normalized spacial score (nSPS) is 17.3. The van der Waals surface area contributed by atoms with E-state index in [0.29, 0.717) is 46.1 Å². The van der Waals surface area contributed by atoms with Crippen molar-refractivity contribution in [3.05, 3.63) is 138 Å². The van der Waals surface area contributed by atoms with Crippen molar-refractivity contribution >= 4 is 82.4 Å². The molecule has 1 aliphatic carbocycles. The van der Waals surface area contributed by atoms with E-state index in [-0.39, 0.29) is 11.9 Å². The molecule has 1 amide bonds. The minimum Gasteiger partial charge on any atom is -0.390 e.